The van der Waals surface area contributed by atoms with Crippen molar-refractivity contribution < 1.29 is 21.6 Å². The number of hydrogen-bond donors (Lipinski definition) is 0. The summed E-state index contributed by atoms with van der Waals surface area (Å²) >= 11 is 0. The normalized spacial score (nSPS) is 19.8. The molecule has 1 atom stereocenters. The number of carbonyl (C=O) groups excluding carboxylic acids is 1. The van der Waals surface area contributed by atoms with Crippen molar-refractivity contribution in [3.05, 3.63) is 59.7 Å². The molecule has 0 spiro atoms. The molecule has 1 amide bonds. The fourth-order valence-electron chi connectivity index (χ4n) is 4.37. The minimum Gasteiger partial charge on any atom is -0.336 e. The van der Waals surface area contributed by atoms with E-state index in [0.29, 0.717) is 43.2 Å². The molecule has 2 aliphatic rings. The predicted octanol–water partition coefficient (Wildman–Crippen LogP) is 2.89. The van der Waals surface area contributed by atoms with Gasteiger partial charge in [-0.2, -0.15) is 4.31 Å². The molecule has 2 aromatic carbocycles. The van der Waals surface area contributed by atoms with Crippen LogP contribution >= 0.6 is 0 Å². The molecule has 2 saturated heterocycles. The third-order valence-corrected chi connectivity index (χ3v) is 10.5. The molecular weight excluding hydrogens is 474 g/mol. The van der Waals surface area contributed by atoms with E-state index in [1.165, 1.54) is 8.61 Å². The molecule has 1 unspecified atom stereocenters. The summed E-state index contributed by atoms with van der Waals surface area (Å²) in [7, 11) is -6.89. The Balaban J connectivity index is 1.39. The van der Waals surface area contributed by atoms with Crippen molar-refractivity contribution in [3.63, 3.8) is 0 Å². The first-order chi connectivity index (χ1) is 16.1. The lowest BCUT2D eigenvalue weighted by Gasteiger charge is -2.34. The van der Waals surface area contributed by atoms with E-state index in [9.17, 15) is 21.6 Å². The van der Waals surface area contributed by atoms with Crippen molar-refractivity contribution in [1.82, 2.24) is 9.21 Å². The molecule has 2 aliphatic heterocycles. The van der Waals surface area contributed by atoms with Crippen molar-refractivity contribution in [1.29, 1.82) is 0 Å². The number of anilines is 1. The topological polar surface area (TPSA) is 95.1 Å². The van der Waals surface area contributed by atoms with Crippen molar-refractivity contribution in [2.24, 2.45) is 0 Å². The first-order valence-electron chi connectivity index (χ1n) is 11.6. The van der Waals surface area contributed by atoms with E-state index >= 15 is 0 Å². The molecule has 2 aromatic rings. The molecule has 2 fully saturated rings. The monoisotopic (exact) mass is 505 g/mol. The number of hydrogen-bond acceptors (Lipinski definition) is 5. The van der Waals surface area contributed by atoms with Gasteiger partial charge >= 0.3 is 0 Å². The Labute approximate surface area is 202 Å². The molecule has 10 heteroatoms. The van der Waals surface area contributed by atoms with Crippen LogP contribution in [0.5, 0.6) is 0 Å². The molecule has 0 radical (unpaired) electrons. The van der Waals surface area contributed by atoms with Gasteiger partial charge in [0, 0.05) is 38.3 Å². The van der Waals surface area contributed by atoms with Gasteiger partial charge in [0.1, 0.15) is 0 Å². The van der Waals surface area contributed by atoms with Crippen molar-refractivity contribution >= 4 is 31.6 Å². The zero-order valence-corrected chi connectivity index (χ0v) is 21.2. The average Bonchev–Trinajstić information content (AvgIpc) is 3.22. The average molecular weight is 506 g/mol. The van der Waals surface area contributed by atoms with Crippen LogP contribution in [0.2, 0.25) is 0 Å². The second-order valence-electron chi connectivity index (χ2n) is 8.86. The highest BCUT2D eigenvalue weighted by Crippen LogP contribution is 2.26. The van der Waals surface area contributed by atoms with E-state index < -0.39 is 20.0 Å². The van der Waals surface area contributed by atoms with Gasteiger partial charge in [0.2, 0.25) is 20.0 Å². The number of sulfonamides is 2. The lowest BCUT2D eigenvalue weighted by molar-refractivity contribution is 0.0698. The number of piperazine rings is 1. The molecule has 8 nitrogen and oxygen atoms in total. The van der Waals surface area contributed by atoms with Gasteiger partial charge in [0.15, 0.2) is 0 Å². The smallest absolute Gasteiger partial charge is 0.253 e. The maximum Gasteiger partial charge on any atom is 0.253 e. The molecule has 0 aromatic heterocycles. The van der Waals surface area contributed by atoms with Crippen LogP contribution < -0.4 is 4.31 Å². The second-order valence-corrected chi connectivity index (χ2v) is 12.8. The summed E-state index contributed by atoms with van der Waals surface area (Å²) in [6.45, 7) is 5.71. The van der Waals surface area contributed by atoms with Gasteiger partial charge in [0.05, 0.1) is 16.3 Å². The molecule has 2 heterocycles. The van der Waals surface area contributed by atoms with Crippen LogP contribution in [-0.4, -0.2) is 70.4 Å². The Hall–Kier alpha value is -2.43. The standard InChI is InChI=1S/C24H31N3O5S2/c1-3-19(2)20-7-11-23(12-8-20)34(31,32)26-16-14-25(15-17-26)24(28)21-5-9-22(10-6-21)27-13-4-18-33(27,29)30/h5-12,19H,3-4,13-18H2,1-2H3. The zero-order valence-electron chi connectivity index (χ0n) is 19.6. The minimum atomic E-state index is -3.62. The summed E-state index contributed by atoms with van der Waals surface area (Å²) in [5, 5.41) is 0. The van der Waals surface area contributed by atoms with Gasteiger partial charge in [-0.15, -0.1) is 0 Å². The third kappa shape index (κ3) is 4.85. The van der Waals surface area contributed by atoms with Gasteiger partial charge in [-0.05, 0) is 60.7 Å². The quantitative estimate of drug-likeness (QED) is 0.602. The first kappa shape index (κ1) is 24.7. The number of carbonyl (C=O) groups is 1. The summed E-state index contributed by atoms with van der Waals surface area (Å²) < 4.78 is 53.1. The molecule has 0 aliphatic carbocycles. The summed E-state index contributed by atoms with van der Waals surface area (Å²) in [6.07, 6.45) is 1.58. The number of benzene rings is 2. The van der Waals surface area contributed by atoms with Crippen LogP contribution in [0, 0.1) is 0 Å². The van der Waals surface area contributed by atoms with Crippen LogP contribution in [-0.2, 0) is 20.0 Å². The molecular formula is C24H31N3O5S2. The van der Waals surface area contributed by atoms with Crippen LogP contribution in [0.25, 0.3) is 0 Å². The third-order valence-electron chi connectivity index (χ3n) is 6.73. The van der Waals surface area contributed by atoms with Gasteiger partial charge in [-0.1, -0.05) is 26.0 Å². The Kier molecular flexibility index (Phi) is 7.02. The molecule has 4 rings (SSSR count). The summed E-state index contributed by atoms with van der Waals surface area (Å²) in [5.41, 5.74) is 2.13. The molecule has 0 N–H and O–H groups in total. The Morgan fingerprint density at radius 2 is 1.56 bits per heavy atom. The maximum absolute atomic E-state index is 13.1. The Bertz CT molecular complexity index is 1230. The molecule has 34 heavy (non-hydrogen) atoms. The van der Waals surface area contributed by atoms with E-state index in [-0.39, 0.29) is 29.6 Å². The highest BCUT2D eigenvalue weighted by molar-refractivity contribution is 7.93. The molecule has 0 bridgehead atoms. The number of amides is 1. The molecule has 184 valence electrons. The van der Waals surface area contributed by atoms with Crippen LogP contribution in [0.4, 0.5) is 5.69 Å². The van der Waals surface area contributed by atoms with Gasteiger partial charge < -0.3 is 4.90 Å². The van der Waals surface area contributed by atoms with Crippen molar-refractivity contribution in [3.8, 4) is 0 Å². The van der Waals surface area contributed by atoms with E-state index in [2.05, 4.69) is 13.8 Å². The van der Waals surface area contributed by atoms with Gasteiger partial charge in [-0.3, -0.25) is 9.10 Å². The molecule has 0 saturated carbocycles. The van der Waals surface area contributed by atoms with Gasteiger partial charge in [-0.25, -0.2) is 16.8 Å². The highest BCUT2D eigenvalue weighted by atomic mass is 32.2. The van der Waals surface area contributed by atoms with E-state index in [4.69, 9.17) is 0 Å². The Morgan fingerprint density at radius 3 is 2.09 bits per heavy atom. The number of rotatable bonds is 6. The largest absolute Gasteiger partial charge is 0.336 e. The zero-order chi connectivity index (χ0) is 24.5. The summed E-state index contributed by atoms with van der Waals surface area (Å²) in [5.74, 6) is 0.328. The van der Waals surface area contributed by atoms with E-state index in [1.54, 1.807) is 41.3 Å². The fourth-order valence-corrected chi connectivity index (χ4v) is 7.35. The predicted molar refractivity (Wildman–Crippen MR) is 132 cm³/mol. The summed E-state index contributed by atoms with van der Waals surface area (Å²) in [6, 6.07) is 13.6. The van der Waals surface area contributed by atoms with Crippen molar-refractivity contribution in [2.75, 3.05) is 42.8 Å². The minimum absolute atomic E-state index is 0.142. The van der Waals surface area contributed by atoms with Crippen molar-refractivity contribution in [2.45, 2.75) is 37.5 Å². The van der Waals surface area contributed by atoms with Gasteiger partial charge in [0.25, 0.3) is 5.91 Å². The van der Waals surface area contributed by atoms with Crippen LogP contribution in [0.1, 0.15) is 48.5 Å². The Morgan fingerprint density at radius 1 is 0.941 bits per heavy atom. The summed E-state index contributed by atoms with van der Waals surface area (Å²) in [4.78, 5) is 14.9. The van der Waals surface area contributed by atoms with Crippen LogP contribution in [0.3, 0.4) is 0 Å². The maximum atomic E-state index is 13.1. The lowest BCUT2D eigenvalue weighted by Crippen LogP contribution is -2.50. The SMILES string of the molecule is CCC(C)c1ccc(S(=O)(=O)N2CCN(C(=O)c3ccc(N4CCCS4(=O)=O)cc3)CC2)cc1. The van der Waals surface area contributed by atoms with E-state index in [0.717, 1.165) is 12.0 Å². The fraction of sp³-hybridized carbons (Fsp3) is 0.458. The van der Waals surface area contributed by atoms with Crippen LogP contribution in [0.15, 0.2) is 53.4 Å². The van der Waals surface area contributed by atoms with E-state index in [1.807, 2.05) is 12.1 Å². The lowest BCUT2D eigenvalue weighted by atomic mass is 9.99. The second kappa shape index (κ2) is 9.67. The number of nitrogens with zero attached hydrogens (tertiary/aromatic N) is 3. The first-order valence-corrected chi connectivity index (χ1v) is 14.7. The highest BCUT2D eigenvalue weighted by Gasteiger charge is 2.31.